The zero-order chi connectivity index (χ0) is 12.3. The minimum Gasteiger partial charge on any atom is -0.267 e. The lowest BCUT2D eigenvalue weighted by molar-refractivity contribution is -0.113. The van der Waals surface area contributed by atoms with Gasteiger partial charge in [0.25, 0.3) is 5.91 Å². The summed E-state index contributed by atoms with van der Waals surface area (Å²) < 4.78 is 16.8. The predicted molar refractivity (Wildman–Crippen MR) is 75.6 cm³/mol. The number of halogens is 1. The number of nitrogens with zero attached hydrogens (tertiary/aromatic N) is 1. The van der Waals surface area contributed by atoms with E-state index in [2.05, 4.69) is 20.3 Å². The maximum Gasteiger partial charge on any atom is 0.277 e. The van der Waals surface area contributed by atoms with Gasteiger partial charge in [0.15, 0.2) is 0 Å². The van der Waals surface area contributed by atoms with Crippen molar-refractivity contribution in [2.45, 2.75) is 12.8 Å². The molecule has 2 rings (SSSR count). The molecule has 0 aromatic carbocycles. The second kappa shape index (κ2) is 5.46. The number of hydrogen-bond acceptors (Lipinski definition) is 3. The van der Waals surface area contributed by atoms with Crippen LogP contribution in [-0.4, -0.2) is 21.6 Å². The Labute approximate surface area is 113 Å². The van der Waals surface area contributed by atoms with E-state index in [9.17, 15) is 9.00 Å². The fourth-order valence-corrected chi connectivity index (χ4v) is 5.03. The van der Waals surface area contributed by atoms with Gasteiger partial charge in [-0.05, 0) is 47.0 Å². The average Bonchev–Trinajstić information content (AvgIpc) is 2.85. The van der Waals surface area contributed by atoms with Crippen LogP contribution in [0.4, 0.5) is 0 Å². The summed E-state index contributed by atoms with van der Waals surface area (Å²) in [6.07, 6.45) is 4.93. The van der Waals surface area contributed by atoms with Crippen LogP contribution in [0.5, 0.6) is 0 Å². The van der Waals surface area contributed by atoms with Crippen LogP contribution in [0.2, 0.25) is 0 Å². The van der Waals surface area contributed by atoms with Crippen molar-refractivity contribution < 1.29 is 9.00 Å². The Balaban J connectivity index is 2.07. The highest BCUT2D eigenvalue weighted by atomic mass is 79.9. The monoisotopic (exact) mass is 333 g/mol. The van der Waals surface area contributed by atoms with Crippen molar-refractivity contribution >= 4 is 49.0 Å². The molecule has 6 heteroatoms. The predicted octanol–water partition coefficient (Wildman–Crippen LogP) is 3.31. The van der Waals surface area contributed by atoms with Gasteiger partial charge in [-0.1, -0.05) is 0 Å². The van der Waals surface area contributed by atoms with Crippen LogP contribution < -0.4 is 0 Å². The Hall–Kier alpha value is -0.460. The number of carbonyl (C=O) groups excluding carboxylic acids is 1. The first-order valence-corrected chi connectivity index (χ1v) is 8.74. The molecule has 2 heterocycles. The molecule has 1 aromatic rings. The molecule has 1 aromatic heterocycles. The highest BCUT2D eigenvalue weighted by Crippen LogP contribution is 2.23. The normalized spacial score (nSPS) is 18.6. The average molecular weight is 334 g/mol. The molecule has 0 atom stereocenters. The lowest BCUT2D eigenvalue weighted by Crippen LogP contribution is -2.03. The summed E-state index contributed by atoms with van der Waals surface area (Å²) >= 11 is 4.89. The standard InChI is InChI=1S/C11H12BrNO2S2/c12-10-5-3-9(16-10)4-6-11(14)13-17(15)7-1-2-8-17/h3-6H,1-2,7-8H2. The van der Waals surface area contributed by atoms with Crippen LogP contribution in [0.25, 0.3) is 6.08 Å². The largest absolute Gasteiger partial charge is 0.277 e. The van der Waals surface area contributed by atoms with E-state index in [1.54, 1.807) is 6.08 Å². The summed E-state index contributed by atoms with van der Waals surface area (Å²) in [7, 11) is -2.23. The summed E-state index contributed by atoms with van der Waals surface area (Å²) in [6, 6.07) is 3.83. The molecule has 1 aliphatic rings. The Kier molecular flexibility index (Phi) is 4.17. The Morgan fingerprint density at radius 1 is 1.41 bits per heavy atom. The number of hydrogen-bond donors (Lipinski definition) is 0. The molecule has 92 valence electrons. The van der Waals surface area contributed by atoms with Crippen LogP contribution in [0, 0.1) is 0 Å². The van der Waals surface area contributed by atoms with E-state index in [-0.39, 0.29) is 5.91 Å². The van der Waals surface area contributed by atoms with Gasteiger partial charge in [-0.2, -0.15) is 4.36 Å². The third-order valence-electron chi connectivity index (χ3n) is 2.42. The summed E-state index contributed by atoms with van der Waals surface area (Å²) in [5.41, 5.74) is 0. The minimum atomic E-state index is -2.23. The Bertz CT molecular complexity index is 556. The van der Waals surface area contributed by atoms with Crippen molar-refractivity contribution in [2.75, 3.05) is 11.5 Å². The maximum atomic E-state index is 12.0. The van der Waals surface area contributed by atoms with Crippen molar-refractivity contribution in [3.8, 4) is 0 Å². The molecule has 0 aliphatic carbocycles. The van der Waals surface area contributed by atoms with Gasteiger partial charge >= 0.3 is 0 Å². The number of amides is 1. The minimum absolute atomic E-state index is 0.388. The van der Waals surface area contributed by atoms with E-state index in [1.807, 2.05) is 12.1 Å². The summed E-state index contributed by atoms with van der Waals surface area (Å²) in [6.45, 7) is 0. The summed E-state index contributed by atoms with van der Waals surface area (Å²) in [4.78, 5) is 12.5. The van der Waals surface area contributed by atoms with E-state index in [0.717, 1.165) is 21.5 Å². The van der Waals surface area contributed by atoms with Crippen molar-refractivity contribution in [2.24, 2.45) is 4.36 Å². The van der Waals surface area contributed by atoms with E-state index < -0.39 is 9.73 Å². The molecule has 1 aliphatic heterocycles. The van der Waals surface area contributed by atoms with Gasteiger partial charge < -0.3 is 0 Å². The molecule has 17 heavy (non-hydrogen) atoms. The molecule has 3 nitrogen and oxygen atoms in total. The van der Waals surface area contributed by atoms with Gasteiger partial charge in [-0.3, -0.25) is 4.79 Å². The third kappa shape index (κ3) is 3.76. The van der Waals surface area contributed by atoms with Gasteiger partial charge in [0.05, 0.1) is 13.5 Å². The van der Waals surface area contributed by atoms with Crippen molar-refractivity contribution in [1.29, 1.82) is 0 Å². The van der Waals surface area contributed by atoms with Crippen molar-refractivity contribution in [1.82, 2.24) is 0 Å². The van der Waals surface area contributed by atoms with E-state index >= 15 is 0 Å². The molecule has 0 bridgehead atoms. The highest BCUT2D eigenvalue weighted by Gasteiger charge is 2.17. The van der Waals surface area contributed by atoms with Crippen LogP contribution in [0.1, 0.15) is 17.7 Å². The van der Waals surface area contributed by atoms with Gasteiger partial charge in [0.1, 0.15) is 0 Å². The Morgan fingerprint density at radius 2 is 2.12 bits per heavy atom. The number of carbonyl (C=O) groups is 1. The molecule has 1 saturated heterocycles. The number of thiophene rings is 1. The maximum absolute atomic E-state index is 12.0. The first kappa shape index (κ1) is 13.0. The number of rotatable bonds is 2. The quantitative estimate of drug-likeness (QED) is 0.779. The molecule has 0 spiro atoms. The van der Waals surface area contributed by atoms with E-state index in [0.29, 0.717) is 11.5 Å². The van der Waals surface area contributed by atoms with Gasteiger partial charge in [0, 0.05) is 22.5 Å². The zero-order valence-electron chi connectivity index (χ0n) is 9.10. The van der Waals surface area contributed by atoms with Crippen LogP contribution in [-0.2, 0) is 14.5 Å². The molecular weight excluding hydrogens is 322 g/mol. The van der Waals surface area contributed by atoms with Crippen LogP contribution in [0.3, 0.4) is 0 Å². The smallest absolute Gasteiger partial charge is 0.267 e. The van der Waals surface area contributed by atoms with Crippen molar-refractivity contribution in [3.05, 3.63) is 26.9 Å². The second-order valence-corrected chi connectivity index (χ2v) is 8.83. The molecule has 0 saturated carbocycles. The second-order valence-electron chi connectivity index (χ2n) is 3.79. The van der Waals surface area contributed by atoms with Crippen LogP contribution in [0.15, 0.2) is 26.4 Å². The molecule has 1 amide bonds. The van der Waals surface area contributed by atoms with Gasteiger partial charge in [-0.15, -0.1) is 11.3 Å². The fraction of sp³-hybridized carbons (Fsp3) is 0.364. The molecule has 1 fully saturated rings. The first-order chi connectivity index (χ1) is 8.07. The van der Waals surface area contributed by atoms with Gasteiger partial charge in [-0.25, -0.2) is 4.21 Å². The van der Waals surface area contributed by atoms with Gasteiger partial charge in [0.2, 0.25) is 0 Å². The molecule has 0 unspecified atom stereocenters. The highest BCUT2D eigenvalue weighted by molar-refractivity contribution is 9.11. The van der Waals surface area contributed by atoms with Crippen molar-refractivity contribution in [3.63, 3.8) is 0 Å². The summed E-state index contributed by atoms with van der Waals surface area (Å²) in [5.74, 6) is 0.746. The zero-order valence-corrected chi connectivity index (χ0v) is 12.3. The van der Waals surface area contributed by atoms with Crippen LogP contribution >= 0.6 is 27.3 Å². The Morgan fingerprint density at radius 3 is 2.71 bits per heavy atom. The lowest BCUT2D eigenvalue weighted by Gasteiger charge is -1.95. The lowest BCUT2D eigenvalue weighted by atomic mass is 10.4. The third-order valence-corrected chi connectivity index (χ3v) is 6.37. The van der Waals surface area contributed by atoms with E-state index in [1.165, 1.54) is 17.4 Å². The molecular formula is C11H12BrNO2S2. The topological polar surface area (TPSA) is 46.5 Å². The molecule has 0 radical (unpaired) electrons. The fourth-order valence-electron chi connectivity index (χ4n) is 1.61. The van der Waals surface area contributed by atoms with E-state index in [4.69, 9.17) is 0 Å². The molecule has 0 N–H and O–H groups in total. The first-order valence-electron chi connectivity index (χ1n) is 5.27. The summed E-state index contributed by atoms with van der Waals surface area (Å²) in [5, 5.41) is 0. The SMILES string of the molecule is O=C(C=Cc1ccc(Br)s1)N=S1(=O)CCCC1.